The van der Waals surface area contributed by atoms with Gasteiger partial charge in [-0.25, -0.2) is 4.79 Å². The number of amides is 1. The lowest BCUT2D eigenvalue weighted by molar-refractivity contribution is 0.199. The van der Waals surface area contributed by atoms with E-state index in [-0.39, 0.29) is 12.4 Å². The number of ether oxygens (including phenoxy) is 1. The summed E-state index contributed by atoms with van der Waals surface area (Å²) in [5.74, 6) is 0.204. The molecule has 0 saturated carbocycles. The predicted octanol–water partition coefficient (Wildman–Crippen LogP) is 2.46. The number of rotatable bonds is 4. The van der Waals surface area contributed by atoms with Crippen LogP contribution in [-0.2, 0) is 0 Å². The summed E-state index contributed by atoms with van der Waals surface area (Å²) in [4.78, 5) is 11.2. The summed E-state index contributed by atoms with van der Waals surface area (Å²) >= 11 is 11.5. The van der Waals surface area contributed by atoms with Crippen LogP contribution in [-0.4, -0.2) is 24.4 Å². The number of benzene rings is 1. The number of aliphatic hydroxyl groups excluding tert-OH is 1. The van der Waals surface area contributed by atoms with Crippen LogP contribution >= 0.6 is 23.2 Å². The van der Waals surface area contributed by atoms with Crippen molar-refractivity contribution >= 4 is 29.3 Å². The van der Waals surface area contributed by atoms with Crippen molar-refractivity contribution in [3.05, 3.63) is 28.2 Å². The van der Waals surface area contributed by atoms with Gasteiger partial charge in [0.15, 0.2) is 5.75 Å². The van der Waals surface area contributed by atoms with Crippen molar-refractivity contribution in [2.24, 2.45) is 0 Å². The summed E-state index contributed by atoms with van der Waals surface area (Å²) < 4.78 is 4.92. The molecule has 1 amide bonds. The Balaban J connectivity index is 2.52. The molecule has 0 unspecified atom stereocenters. The SMILES string of the molecule is O=C(NCCCO)Oc1cc(Cl)ccc1Cl. The third-order valence-electron chi connectivity index (χ3n) is 1.70. The van der Waals surface area contributed by atoms with Crippen LogP contribution in [0.5, 0.6) is 5.75 Å². The highest BCUT2D eigenvalue weighted by atomic mass is 35.5. The van der Waals surface area contributed by atoms with Gasteiger partial charge in [0.1, 0.15) is 0 Å². The molecule has 88 valence electrons. The molecular formula is C10H11Cl2NO3. The Morgan fingerprint density at radius 2 is 2.19 bits per heavy atom. The molecule has 1 rings (SSSR count). The Kier molecular flexibility index (Phi) is 5.38. The molecule has 0 bridgehead atoms. The van der Waals surface area contributed by atoms with Crippen molar-refractivity contribution in [3.63, 3.8) is 0 Å². The Hall–Kier alpha value is -0.970. The molecule has 0 fully saturated rings. The smallest absolute Gasteiger partial charge is 0.409 e. The first kappa shape index (κ1) is 13.1. The Morgan fingerprint density at radius 1 is 1.44 bits per heavy atom. The topological polar surface area (TPSA) is 58.6 Å². The van der Waals surface area contributed by atoms with Gasteiger partial charge in [-0.1, -0.05) is 23.2 Å². The van der Waals surface area contributed by atoms with E-state index in [9.17, 15) is 4.79 Å². The zero-order valence-corrected chi connectivity index (χ0v) is 9.88. The highest BCUT2D eigenvalue weighted by Crippen LogP contribution is 2.27. The van der Waals surface area contributed by atoms with Gasteiger partial charge in [-0.15, -0.1) is 0 Å². The van der Waals surface area contributed by atoms with Gasteiger partial charge < -0.3 is 15.2 Å². The fraction of sp³-hybridized carbons (Fsp3) is 0.300. The van der Waals surface area contributed by atoms with Crippen LogP contribution in [0, 0.1) is 0 Å². The fourth-order valence-electron chi connectivity index (χ4n) is 0.961. The van der Waals surface area contributed by atoms with Crippen LogP contribution in [0.15, 0.2) is 18.2 Å². The van der Waals surface area contributed by atoms with Crippen molar-refractivity contribution < 1.29 is 14.6 Å². The van der Waals surface area contributed by atoms with Crippen LogP contribution in [0.4, 0.5) is 4.79 Å². The first-order chi connectivity index (χ1) is 7.63. The summed E-state index contributed by atoms with van der Waals surface area (Å²) in [6.07, 6.45) is -0.157. The second-order valence-corrected chi connectivity index (χ2v) is 3.81. The highest BCUT2D eigenvalue weighted by molar-refractivity contribution is 6.34. The molecule has 0 atom stereocenters. The van der Waals surface area contributed by atoms with E-state index in [1.807, 2.05) is 0 Å². The summed E-state index contributed by atoms with van der Waals surface area (Å²) in [6, 6.07) is 4.59. The van der Waals surface area contributed by atoms with Crippen LogP contribution in [0.1, 0.15) is 6.42 Å². The predicted molar refractivity (Wildman–Crippen MR) is 62.2 cm³/mol. The normalized spacial score (nSPS) is 9.94. The van der Waals surface area contributed by atoms with E-state index < -0.39 is 6.09 Å². The third kappa shape index (κ3) is 4.26. The lowest BCUT2D eigenvalue weighted by Crippen LogP contribution is -2.28. The molecule has 0 aromatic heterocycles. The number of hydrogen-bond donors (Lipinski definition) is 2. The van der Waals surface area contributed by atoms with Gasteiger partial charge in [-0.3, -0.25) is 0 Å². The molecule has 0 spiro atoms. The van der Waals surface area contributed by atoms with Crippen molar-refractivity contribution in [1.82, 2.24) is 5.32 Å². The number of carbonyl (C=O) groups excluding carboxylic acids is 1. The molecule has 16 heavy (non-hydrogen) atoms. The van der Waals surface area contributed by atoms with E-state index in [0.717, 1.165) is 0 Å². The van der Waals surface area contributed by atoms with E-state index >= 15 is 0 Å². The molecule has 0 aliphatic carbocycles. The van der Waals surface area contributed by atoms with Gasteiger partial charge in [0, 0.05) is 24.2 Å². The van der Waals surface area contributed by atoms with E-state index in [1.165, 1.54) is 6.07 Å². The second-order valence-electron chi connectivity index (χ2n) is 2.97. The number of nitrogens with one attached hydrogen (secondary N) is 1. The average Bonchev–Trinajstić information content (AvgIpc) is 2.24. The maximum Gasteiger partial charge on any atom is 0.412 e. The van der Waals surface area contributed by atoms with E-state index in [4.69, 9.17) is 33.0 Å². The summed E-state index contributed by atoms with van der Waals surface area (Å²) in [5.41, 5.74) is 0. The molecule has 0 aliphatic rings. The minimum absolute atomic E-state index is 0.0121. The molecule has 0 radical (unpaired) electrons. The van der Waals surface area contributed by atoms with Crippen molar-refractivity contribution in [3.8, 4) is 5.75 Å². The van der Waals surface area contributed by atoms with Crippen LogP contribution in [0.25, 0.3) is 0 Å². The third-order valence-corrected chi connectivity index (χ3v) is 2.25. The molecular weight excluding hydrogens is 253 g/mol. The summed E-state index contributed by atoms with van der Waals surface area (Å²) in [7, 11) is 0. The molecule has 0 heterocycles. The van der Waals surface area contributed by atoms with Crippen molar-refractivity contribution in [1.29, 1.82) is 0 Å². The summed E-state index contributed by atoms with van der Waals surface area (Å²) in [5, 5.41) is 11.7. The second kappa shape index (κ2) is 6.58. The maximum absolute atomic E-state index is 11.2. The Labute approximate surface area is 103 Å². The van der Waals surface area contributed by atoms with Crippen LogP contribution in [0.2, 0.25) is 10.0 Å². The van der Waals surface area contributed by atoms with Crippen molar-refractivity contribution in [2.75, 3.05) is 13.2 Å². The van der Waals surface area contributed by atoms with E-state index in [0.29, 0.717) is 23.0 Å². The molecule has 2 N–H and O–H groups in total. The monoisotopic (exact) mass is 263 g/mol. The molecule has 0 saturated heterocycles. The number of aliphatic hydroxyl groups is 1. The molecule has 6 heteroatoms. The molecule has 4 nitrogen and oxygen atoms in total. The largest absolute Gasteiger partial charge is 0.412 e. The average molecular weight is 264 g/mol. The van der Waals surface area contributed by atoms with Crippen LogP contribution in [0.3, 0.4) is 0 Å². The molecule has 0 aliphatic heterocycles. The molecule has 1 aromatic carbocycles. The molecule has 1 aromatic rings. The van der Waals surface area contributed by atoms with E-state index in [1.54, 1.807) is 12.1 Å². The standard InChI is InChI=1S/C10H11Cl2NO3/c11-7-2-3-8(12)9(6-7)16-10(15)13-4-1-5-14/h2-3,6,14H,1,4-5H2,(H,13,15). The Bertz CT molecular complexity index is 371. The zero-order chi connectivity index (χ0) is 12.0. The van der Waals surface area contributed by atoms with Gasteiger partial charge in [0.2, 0.25) is 0 Å². The number of halogens is 2. The van der Waals surface area contributed by atoms with E-state index in [2.05, 4.69) is 5.32 Å². The minimum atomic E-state index is -0.627. The quantitative estimate of drug-likeness (QED) is 0.821. The Morgan fingerprint density at radius 3 is 2.88 bits per heavy atom. The maximum atomic E-state index is 11.2. The lowest BCUT2D eigenvalue weighted by Gasteiger charge is -2.07. The van der Waals surface area contributed by atoms with Crippen LogP contribution < -0.4 is 10.1 Å². The van der Waals surface area contributed by atoms with Gasteiger partial charge in [-0.2, -0.15) is 0 Å². The number of carbonyl (C=O) groups is 1. The first-order valence-electron chi connectivity index (χ1n) is 4.65. The number of hydrogen-bond acceptors (Lipinski definition) is 3. The van der Waals surface area contributed by atoms with Gasteiger partial charge >= 0.3 is 6.09 Å². The summed E-state index contributed by atoms with van der Waals surface area (Å²) in [6.45, 7) is 0.353. The van der Waals surface area contributed by atoms with Crippen molar-refractivity contribution in [2.45, 2.75) is 6.42 Å². The van der Waals surface area contributed by atoms with Gasteiger partial charge in [-0.05, 0) is 18.6 Å². The first-order valence-corrected chi connectivity index (χ1v) is 5.40. The lowest BCUT2D eigenvalue weighted by atomic mass is 10.3. The highest BCUT2D eigenvalue weighted by Gasteiger charge is 2.07. The van der Waals surface area contributed by atoms with Gasteiger partial charge in [0.25, 0.3) is 0 Å². The minimum Gasteiger partial charge on any atom is -0.409 e. The van der Waals surface area contributed by atoms with Gasteiger partial charge in [0.05, 0.1) is 5.02 Å². The zero-order valence-electron chi connectivity index (χ0n) is 8.37. The fourth-order valence-corrected chi connectivity index (χ4v) is 1.28.